The third-order valence-corrected chi connectivity index (χ3v) is 3.23. The molecule has 1 aromatic rings. The Labute approximate surface area is 127 Å². The van der Waals surface area contributed by atoms with Gasteiger partial charge in [0.25, 0.3) is 5.91 Å². The number of anilines is 1. The highest BCUT2D eigenvalue weighted by Crippen LogP contribution is 2.19. The van der Waals surface area contributed by atoms with Crippen molar-refractivity contribution in [1.82, 2.24) is 4.98 Å². The summed E-state index contributed by atoms with van der Waals surface area (Å²) in [7, 11) is 0. The normalized spacial score (nSPS) is 13.5. The Kier molecular flexibility index (Phi) is 7.15. The van der Waals surface area contributed by atoms with Crippen molar-refractivity contribution in [3.05, 3.63) is 18.3 Å². The zero-order valence-electron chi connectivity index (χ0n) is 13.4. The summed E-state index contributed by atoms with van der Waals surface area (Å²) in [5.74, 6) is 0.415. The molecule has 5 nitrogen and oxygen atoms in total. The molecule has 0 saturated heterocycles. The maximum atomic E-state index is 12.3. The quantitative estimate of drug-likeness (QED) is 0.758. The van der Waals surface area contributed by atoms with Crippen LogP contribution in [0.25, 0.3) is 0 Å². The van der Waals surface area contributed by atoms with Gasteiger partial charge in [0.1, 0.15) is 5.60 Å². The highest BCUT2D eigenvalue weighted by Gasteiger charge is 2.32. The molecule has 1 heterocycles. The number of rotatable bonds is 9. The number of nitrogens with one attached hydrogen (secondary N) is 1. The summed E-state index contributed by atoms with van der Waals surface area (Å²) in [5.41, 5.74) is -0.170. The van der Waals surface area contributed by atoms with Gasteiger partial charge in [-0.05, 0) is 32.3 Å². The zero-order chi connectivity index (χ0) is 15.7. The smallest absolute Gasteiger partial charge is 0.256 e. The molecule has 1 amide bonds. The molecule has 0 aliphatic rings. The molecule has 1 atom stereocenters. The second-order valence-corrected chi connectivity index (χ2v) is 5.12. The number of carbonyl (C=O) groups is 1. The van der Waals surface area contributed by atoms with Gasteiger partial charge in [-0.1, -0.05) is 20.8 Å². The van der Waals surface area contributed by atoms with E-state index in [1.54, 1.807) is 18.3 Å². The van der Waals surface area contributed by atoms with Crippen LogP contribution < -0.4 is 10.1 Å². The Hall–Kier alpha value is -1.62. The van der Waals surface area contributed by atoms with Gasteiger partial charge in [0.05, 0.1) is 18.5 Å². The number of hydrogen-bond donors (Lipinski definition) is 1. The van der Waals surface area contributed by atoms with E-state index in [-0.39, 0.29) is 5.91 Å². The number of pyridine rings is 1. The topological polar surface area (TPSA) is 60.5 Å². The molecule has 0 saturated carbocycles. The van der Waals surface area contributed by atoms with Crippen LogP contribution in [0.4, 0.5) is 5.69 Å². The van der Waals surface area contributed by atoms with Crippen LogP contribution in [0.1, 0.15) is 47.0 Å². The van der Waals surface area contributed by atoms with Crippen molar-refractivity contribution in [1.29, 1.82) is 0 Å². The predicted molar refractivity (Wildman–Crippen MR) is 83.6 cm³/mol. The minimum atomic E-state index is -0.812. The van der Waals surface area contributed by atoms with Gasteiger partial charge in [-0.3, -0.25) is 4.79 Å². The van der Waals surface area contributed by atoms with Crippen LogP contribution in [0.3, 0.4) is 0 Å². The molecule has 0 aliphatic carbocycles. The molecule has 0 aliphatic heterocycles. The number of aromatic nitrogens is 1. The van der Waals surface area contributed by atoms with E-state index in [1.807, 2.05) is 27.7 Å². The first kappa shape index (κ1) is 17.4. The maximum absolute atomic E-state index is 12.3. The van der Waals surface area contributed by atoms with Gasteiger partial charge in [-0.15, -0.1) is 0 Å². The fourth-order valence-corrected chi connectivity index (χ4v) is 1.67. The summed E-state index contributed by atoms with van der Waals surface area (Å²) in [5, 5.41) is 2.84. The van der Waals surface area contributed by atoms with Gasteiger partial charge in [-0.25, -0.2) is 4.98 Å². The van der Waals surface area contributed by atoms with E-state index >= 15 is 0 Å². The van der Waals surface area contributed by atoms with E-state index in [9.17, 15) is 4.79 Å². The van der Waals surface area contributed by atoms with Crippen molar-refractivity contribution in [2.24, 2.45) is 0 Å². The van der Waals surface area contributed by atoms with E-state index in [4.69, 9.17) is 9.47 Å². The fraction of sp³-hybridized carbons (Fsp3) is 0.625. The number of carbonyl (C=O) groups excluding carboxylic acids is 1. The molecule has 1 N–H and O–H groups in total. The number of nitrogens with zero attached hydrogens (tertiary/aromatic N) is 1. The molecule has 0 radical (unpaired) electrons. The lowest BCUT2D eigenvalue weighted by atomic mass is 10.0. The summed E-state index contributed by atoms with van der Waals surface area (Å²) in [6.45, 7) is 9.01. The average molecular weight is 294 g/mol. The number of ether oxygens (including phenoxy) is 2. The molecule has 0 unspecified atom stereocenters. The lowest BCUT2D eigenvalue weighted by Gasteiger charge is -2.27. The lowest BCUT2D eigenvalue weighted by Crippen LogP contribution is -2.42. The Balaban J connectivity index is 2.64. The Morgan fingerprint density at radius 2 is 1.95 bits per heavy atom. The standard InChI is InChI=1S/C16H26N2O3/c1-5-10-20-14-9-8-13(12-17-14)18-15(19)16(4,7-3)21-11-6-2/h8-9,12H,5-7,10-11H2,1-4H3,(H,18,19)/t16-/m1/s1. The Morgan fingerprint density at radius 3 is 2.48 bits per heavy atom. The summed E-state index contributed by atoms with van der Waals surface area (Å²) in [4.78, 5) is 16.5. The molecule has 21 heavy (non-hydrogen) atoms. The average Bonchev–Trinajstić information content (AvgIpc) is 2.51. The van der Waals surface area contributed by atoms with Gasteiger partial charge in [-0.2, -0.15) is 0 Å². The third-order valence-electron chi connectivity index (χ3n) is 3.23. The van der Waals surface area contributed by atoms with Crippen LogP contribution in [-0.2, 0) is 9.53 Å². The van der Waals surface area contributed by atoms with Crippen molar-refractivity contribution in [2.75, 3.05) is 18.5 Å². The molecule has 5 heteroatoms. The van der Waals surface area contributed by atoms with E-state index in [1.165, 1.54) is 0 Å². The van der Waals surface area contributed by atoms with Gasteiger partial charge >= 0.3 is 0 Å². The van der Waals surface area contributed by atoms with Crippen molar-refractivity contribution >= 4 is 11.6 Å². The number of amides is 1. The molecule has 0 aromatic carbocycles. The van der Waals surface area contributed by atoms with Crippen LogP contribution in [0, 0.1) is 0 Å². The van der Waals surface area contributed by atoms with Crippen LogP contribution in [-0.4, -0.2) is 29.7 Å². The van der Waals surface area contributed by atoms with Crippen LogP contribution in [0.2, 0.25) is 0 Å². The zero-order valence-corrected chi connectivity index (χ0v) is 13.4. The second kappa shape index (κ2) is 8.62. The van der Waals surface area contributed by atoms with Crippen molar-refractivity contribution < 1.29 is 14.3 Å². The Bertz CT molecular complexity index is 434. The van der Waals surface area contributed by atoms with Crippen molar-refractivity contribution in [2.45, 2.75) is 52.6 Å². The highest BCUT2D eigenvalue weighted by atomic mass is 16.5. The largest absolute Gasteiger partial charge is 0.478 e. The molecular formula is C16H26N2O3. The SMILES string of the molecule is CCCOc1ccc(NC(=O)[C@@](C)(CC)OCCC)cn1. The number of hydrogen-bond acceptors (Lipinski definition) is 4. The predicted octanol–water partition coefficient (Wildman–Crippen LogP) is 3.40. The molecule has 1 aromatic heterocycles. The molecule has 0 spiro atoms. The third kappa shape index (κ3) is 5.34. The first-order chi connectivity index (χ1) is 10.1. The summed E-state index contributed by atoms with van der Waals surface area (Å²) in [6.07, 6.45) is 4.03. The van der Waals surface area contributed by atoms with Crippen molar-refractivity contribution in [3.8, 4) is 5.88 Å². The van der Waals surface area contributed by atoms with Crippen LogP contribution in [0.15, 0.2) is 18.3 Å². The fourth-order valence-electron chi connectivity index (χ4n) is 1.67. The minimum absolute atomic E-state index is 0.150. The molecule has 118 valence electrons. The van der Waals surface area contributed by atoms with Crippen LogP contribution in [0.5, 0.6) is 5.88 Å². The van der Waals surface area contributed by atoms with Gasteiger partial charge < -0.3 is 14.8 Å². The van der Waals surface area contributed by atoms with Gasteiger partial charge in [0.15, 0.2) is 0 Å². The monoisotopic (exact) mass is 294 g/mol. The first-order valence-corrected chi connectivity index (χ1v) is 7.60. The summed E-state index contributed by atoms with van der Waals surface area (Å²) in [6, 6.07) is 3.53. The van der Waals surface area contributed by atoms with Gasteiger partial charge in [0.2, 0.25) is 5.88 Å². The lowest BCUT2D eigenvalue weighted by molar-refractivity contribution is -0.139. The molecule has 0 fully saturated rings. The molecule has 1 rings (SSSR count). The molecular weight excluding hydrogens is 268 g/mol. The van der Waals surface area contributed by atoms with E-state index < -0.39 is 5.60 Å². The summed E-state index contributed by atoms with van der Waals surface area (Å²) >= 11 is 0. The van der Waals surface area contributed by atoms with E-state index in [0.717, 1.165) is 12.8 Å². The maximum Gasteiger partial charge on any atom is 0.256 e. The second-order valence-electron chi connectivity index (χ2n) is 5.12. The van der Waals surface area contributed by atoms with E-state index in [2.05, 4.69) is 10.3 Å². The molecule has 0 bridgehead atoms. The van der Waals surface area contributed by atoms with Gasteiger partial charge in [0, 0.05) is 12.7 Å². The first-order valence-electron chi connectivity index (χ1n) is 7.60. The minimum Gasteiger partial charge on any atom is -0.478 e. The Morgan fingerprint density at radius 1 is 1.24 bits per heavy atom. The summed E-state index contributed by atoms with van der Waals surface area (Å²) < 4.78 is 11.1. The van der Waals surface area contributed by atoms with Crippen LogP contribution >= 0.6 is 0 Å². The van der Waals surface area contributed by atoms with E-state index in [0.29, 0.717) is 31.2 Å². The highest BCUT2D eigenvalue weighted by molar-refractivity contribution is 5.96. The van der Waals surface area contributed by atoms with Crippen molar-refractivity contribution in [3.63, 3.8) is 0 Å².